The van der Waals surface area contributed by atoms with Crippen LogP contribution in [0.15, 0.2) is 35.8 Å². The lowest BCUT2D eigenvalue weighted by Crippen LogP contribution is -2.47. The fourth-order valence-corrected chi connectivity index (χ4v) is 7.52. The Bertz CT molecular complexity index is 1460. The van der Waals surface area contributed by atoms with E-state index in [0.717, 1.165) is 46.1 Å². The normalized spacial score (nSPS) is 21.3. The summed E-state index contributed by atoms with van der Waals surface area (Å²) in [6.07, 6.45) is 5.88. The lowest BCUT2D eigenvalue weighted by atomic mass is 10.0. The molecule has 186 valence electrons. The predicted octanol–water partition coefficient (Wildman–Crippen LogP) is 5.09. The van der Waals surface area contributed by atoms with E-state index in [-0.39, 0.29) is 29.7 Å². The number of fused-ring (bicyclic) bond motifs is 2. The van der Waals surface area contributed by atoms with Crippen molar-refractivity contribution in [1.82, 2.24) is 24.6 Å². The van der Waals surface area contributed by atoms with E-state index in [2.05, 4.69) is 15.3 Å². The first-order valence-corrected chi connectivity index (χ1v) is 13.9. The van der Waals surface area contributed by atoms with Gasteiger partial charge >= 0.3 is 0 Å². The summed E-state index contributed by atoms with van der Waals surface area (Å²) in [5.74, 6) is -0.164. The maximum atomic E-state index is 14.0. The van der Waals surface area contributed by atoms with Crippen LogP contribution in [0.3, 0.4) is 0 Å². The van der Waals surface area contributed by atoms with Crippen molar-refractivity contribution >= 4 is 39.4 Å². The van der Waals surface area contributed by atoms with Crippen LogP contribution in [0.25, 0.3) is 15.4 Å². The molecule has 6 rings (SSSR count). The summed E-state index contributed by atoms with van der Waals surface area (Å²) >= 11 is 2.94. The third-order valence-corrected chi connectivity index (χ3v) is 9.15. The van der Waals surface area contributed by atoms with Crippen LogP contribution in [0.4, 0.5) is 4.39 Å². The standard InChI is InChI=1S/C26H26FN5O2S2/c1-14-22(31-10-11-35-26(31)29-14)24(33)28-13-19-12-17-4-3-5-20(17)32(19)25(34)21-23(36-15(2)30-21)16-6-8-18(27)9-7-16/h6-11,17,19-20H,3-5,12-13H2,1-2H3,(H,28,33)/t17-,19-,20-/m0/s1. The third kappa shape index (κ3) is 3.92. The Morgan fingerprint density at radius 1 is 1.17 bits per heavy atom. The molecule has 1 N–H and O–H groups in total. The van der Waals surface area contributed by atoms with Crippen LogP contribution in [-0.4, -0.2) is 49.7 Å². The van der Waals surface area contributed by atoms with Crippen molar-refractivity contribution in [3.05, 3.63) is 63.7 Å². The quantitative estimate of drug-likeness (QED) is 0.395. The molecule has 1 aliphatic heterocycles. The Kier molecular flexibility index (Phi) is 5.88. The molecule has 0 radical (unpaired) electrons. The number of aromatic nitrogens is 3. The van der Waals surface area contributed by atoms with Gasteiger partial charge in [-0.15, -0.1) is 22.7 Å². The summed E-state index contributed by atoms with van der Waals surface area (Å²) in [5, 5.41) is 5.79. The molecule has 3 atom stereocenters. The predicted molar refractivity (Wildman–Crippen MR) is 138 cm³/mol. The second kappa shape index (κ2) is 9.08. The average molecular weight is 524 g/mol. The molecule has 4 heterocycles. The first-order valence-electron chi connectivity index (χ1n) is 12.2. The molecule has 2 aliphatic rings. The van der Waals surface area contributed by atoms with E-state index < -0.39 is 0 Å². The zero-order valence-electron chi connectivity index (χ0n) is 20.0. The zero-order valence-corrected chi connectivity index (χ0v) is 21.7. The van der Waals surface area contributed by atoms with Crippen molar-refractivity contribution < 1.29 is 14.0 Å². The maximum absolute atomic E-state index is 14.0. The van der Waals surface area contributed by atoms with Gasteiger partial charge in [-0.25, -0.2) is 14.4 Å². The van der Waals surface area contributed by atoms with Crippen LogP contribution < -0.4 is 5.32 Å². The molecule has 1 saturated carbocycles. The summed E-state index contributed by atoms with van der Waals surface area (Å²) in [7, 11) is 0. The second-order valence-electron chi connectivity index (χ2n) is 9.59. The van der Waals surface area contributed by atoms with Crippen molar-refractivity contribution in [1.29, 1.82) is 0 Å². The number of benzene rings is 1. The number of likely N-dealkylation sites (tertiary alicyclic amines) is 1. The van der Waals surface area contributed by atoms with E-state index in [4.69, 9.17) is 0 Å². The number of carbonyl (C=O) groups is 2. The fourth-order valence-electron chi connectivity index (χ4n) is 5.84. The molecule has 1 saturated heterocycles. The van der Waals surface area contributed by atoms with Gasteiger partial charge in [0.2, 0.25) is 0 Å². The topological polar surface area (TPSA) is 79.6 Å². The first-order chi connectivity index (χ1) is 17.4. The smallest absolute Gasteiger partial charge is 0.274 e. The van der Waals surface area contributed by atoms with Crippen LogP contribution in [0.5, 0.6) is 0 Å². The lowest BCUT2D eigenvalue weighted by Gasteiger charge is -2.30. The number of carbonyl (C=O) groups excluding carboxylic acids is 2. The van der Waals surface area contributed by atoms with Gasteiger partial charge in [0.25, 0.3) is 11.8 Å². The van der Waals surface area contributed by atoms with Gasteiger partial charge in [-0.2, -0.15) is 0 Å². The van der Waals surface area contributed by atoms with E-state index in [1.807, 2.05) is 34.7 Å². The molecule has 36 heavy (non-hydrogen) atoms. The number of nitrogens with one attached hydrogen (secondary N) is 1. The van der Waals surface area contributed by atoms with Crippen LogP contribution >= 0.6 is 22.7 Å². The van der Waals surface area contributed by atoms with Crippen LogP contribution in [-0.2, 0) is 0 Å². The third-order valence-electron chi connectivity index (χ3n) is 7.37. The second-order valence-corrected chi connectivity index (χ2v) is 11.7. The highest BCUT2D eigenvalue weighted by Crippen LogP contribution is 2.43. The van der Waals surface area contributed by atoms with Gasteiger partial charge in [-0.3, -0.25) is 14.0 Å². The van der Waals surface area contributed by atoms with E-state index in [9.17, 15) is 14.0 Å². The zero-order chi connectivity index (χ0) is 25.0. The SMILES string of the molecule is Cc1nc(C(=O)N2[C@H](CNC(=O)c3c(C)nc4sccn34)C[C@@H]3CCC[C@@H]32)c(-c2ccc(F)cc2)s1. The molecule has 0 spiro atoms. The molecule has 2 amide bonds. The molecular formula is C26H26FN5O2S2. The van der Waals surface area contributed by atoms with E-state index in [1.165, 1.54) is 34.8 Å². The highest BCUT2D eigenvalue weighted by Gasteiger charge is 2.47. The Labute approximate surface area is 216 Å². The van der Waals surface area contributed by atoms with Crippen LogP contribution in [0.2, 0.25) is 0 Å². The van der Waals surface area contributed by atoms with Gasteiger partial charge in [0.05, 0.1) is 21.6 Å². The van der Waals surface area contributed by atoms with E-state index >= 15 is 0 Å². The highest BCUT2D eigenvalue weighted by atomic mass is 32.1. The van der Waals surface area contributed by atoms with Crippen molar-refractivity contribution in [2.75, 3.05) is 6.54 Å². The Morgan fingerprint density at radius 2 is 1.97 bits per heavy atom. The van der Waals surface area contributed by atoms with E-state index in [1.54, 1.807) is 12.1 Å². The molecule has 0 bridgehead atoms. The molecule has 0 unspecified atom stereocenters. The van der Waals surface area contributed by atoms with Gasteiger partial charge in [-0.05, 0) is 56.7 Å². The minimum atomic E-state index is -0.315. The molecule has 1 aliphatic carbocycles. The van der Waals surface area contributed by atoms with Gasteiger partial charge in [0.15, 0.2) is 4.96 Å². The van der Waals surface area contributed by atoms with Crippen molar-refractivity contribution in [2.45, 2.75) is 51.6 Å². The van der Waals surface area contributed by atoms with Gasteiger partial charge in [0.1, 0.15) is 17.2 Å². The summed E-state index contributed by atoms with van der Waals surface area (Å²) in [6, 6.07) is 6.25. The summed E-state index contributed by atoms with van der Waals surface area (Å²) < 4.78 is 15.3. The largest absolute Gasteiger partial charge is 0.349 e. The summed E-state index contributed by atoms with van der Waals surface area (Å²) in [4.78, 5) is 39.8. The number of nitrogens with zero attached hydrogens (tertiary/aromatic N) is 4. The number of rotatable bonds is 5. The van der Waals surface area contributed by atoms with Crippen LogP contribution in [0, 0.1) is 25.6 Å². The van der Waals surface area contributed by atoms with Crippen LogP contribution in [0.1, 0.15) is 57.4 Å². The Hall–Kier alpha value is -3.11. The lowest BCUT2D eigenvalue weighted by molar-refractivity contribution is 0.0645. The maximum Gasteiger partial charge on any atom is 0.274 e. The first kappa shape index (κ1) is 23.3. The molecule has 10 heteroatoms. The number of aryl methyl sites for hydroxylation is 2. The highest BCUT2D eigenvalue weighted by molar-refractivity contribution is 7.15. The molecule has 1 aromatic carbocycles. The molecular weight excluding hydrogens is 497 g/mol. The fraction of sp³-hybridized carbons (Fsp3) is 0.385. The average Bonchev–Trinajstić information content (AvgIpc) is 3.64. The molecule has 4 aromatic rings. The molecule has 7 nitrogen and oxygen atoms in total. The van der Waals surface area contributed by atoms with Crippen molar-refractivity contribution in [3.8, 4) is 10.4 Å². The minimum absolute atomic E-state index is 0.104. The molecule has 2 fully saturated rings. The Balaban J connectivity index is 1.27. The number of amides is 2. The van der Waals surface area contributed by atoms with Crippen molar-refractivity contribution in [2.24, 2.45) is 5.92 Å². The monoisotopic (exact) mass is 523 g/mol. The summed E-state index contributed by atoms with van der Waals surface area (Å²) in [6.45, 7) is 4.10. The number of hydrogen-bond donors (Lipinski definition) is 1. The van der Waals surface area contributed by atoms with Gasteiger partial charge in [-0.1, -0.05) is 18.6 Å². The van der Waals surface area contributed by atoms with Gasteiger partial charge < -0.3 is 10.2 Å². The molecule has 3 aromatic heterocycles. The number of thiazole rings is 2. The number of hydrogen-bond acceptors (Lipinski definition) is 6. The Morgan fingerprint density at radius 3 is 2.78 bits per heavy atom. The van der Waals surface area contributed by atoms with Crippen molar-refractivity contribution in [3.63, 3.8) is 0 Å². The van der Waals surface area contributed by atoms with E-state index in [0.29, 0.717) is 29.5 Å². The van der Waals surface area contributed by atoms with Gasteiger partial charge in [0, 0.05) is 24.2 Å². The minimum Gasteiger partial charge on any atom is -0.349 e. The summed E-state index contributed by atoms with van der Waals surface area (Å²) in [5.41, 5.74) is 2.43. The number of imidazole rings is 1. The number of halogens is 1.